The van der Waals surface area contributed by atoms with Gasteiger partial charge in [0.25, 0.3) is 0 Å². The van der Waals surface area contributed by atoms with Crippen LogP contribution in [0.15, 0.2) is 18.2 Å². The van der Waals surface area contributed by atoms with Crippen molar-refractivity contribution in [2.45, 2.75) is 26.2 Å². The Balaban J connectivity index is 2.33. The molecule has 0 amide bonds. The van der Waals surface area contributed by atoms with Gasteiger partial charge in [-0.1, -0.05) is 22.0 Å². The Kier molecular flexibility index (Phi) is 5.69. The summed E-state index contributed by atoms with van der Waals surface area (Å²) in [6.45, 7) is 2.59. The van der Waals surface area contributed by atoms with Gasteiger partial charge in [-0.3, -0.25) is 0 Å². The molecule has 0 aliphatic rings. The van der Waals surface area contributed by atoms with Crippen molar-refractivity contribution in [1.29, 1.82) is 0 Å². The molecule has 15 heavy (non-hydrogen) atoms. The van der Waals surface area contributed by atoms with Gasteiger partial charge in [0, 0.05) is 11.4 Å². The largest absolute Gasteiger partial charge is 0.493 e. The van der Waals surface area contributed by atoms with Crippen LogP contribution >= 0.6 is 15.9 Å². The molecule has 0 unspecified atom stereocenters. The monoisotopic (exact) mass is 274 g/mol. The van der Waals surface area contributed by atoms with Crippen LogP contribution in [0.4, 0.5) is 4.39 Å². The maximum absolute atomic E-state index is 12.9. The highest BCUT2D eigenvalue weighted by Gasteiger charge is 2.00. The lowest BCUT2D eigenvalue weighted by molar-refractivity contribution is 0.303. The molecule has 1 nitrogen and oxygen atoms in total. The lowest BCUT2D eigenvalue weighted by Crippen LogP contribution is -1.99. The number of hydrogen-bond acceptors (Lipinski definition) is 1. The van der Waals surface area contributed by atoms with E-state index in [-0.39, 0.29) is 5.82 Å². The summed E-state index contributed by atoms with van der Waals surface area (Å²) in [7, 11) is 0. The molecule has 0 saturated heterocycles. The van der Waals surface area contributed by atoms with Crippen LogP contribution in [0.1, 0.15) is 24.8 Å². The Bertz CT molecular complexity index is 302. The van der Waals surface area contributed by atoms with Gasteiger partial charge in [0.15, 0.2) is 0 Å². The van der Waals surface area contributed by atoms with Crippen molar-refractivity contribution in [1.82, 2.24) is 0 Å². The second kappa shape index (κ2) is 6.83. The van der Waals surface area contributed by atoms with Crippen molar-refractivity contribution in [3.05, 3.63) is 29.6 Å². The second-order valence-electron chi connectivity index (χ2n) is 3.51. The minimum atomic E-state index is -0.240. The average Bonchev–Trinajstić information content (AvgIpc) is 2.23. The summed E-state index contributed by atoms with van der Waals surface area (Å²) in [6.07, 6.45) is 3.31. The molecule has 0 saturated carbocycles. The number of hydrogen-bond donors (Lipinski definition) is 0. The summed E-state index contributed by atoms with van der Waals surface area (Å²) >= 11 is 3.38. The third-order valence-corrected chi connectivity index (χ3v) is 2.75. The third kappa shape index (κ3) is 4.65. The first kappa shape index (κ1) is 12.5. The summed E-state index contributed by atoms with van der Waals surface area (Å²) in [4.78, 5) is 0. The highest BCUT2D eigenvalue weighted by molar-refractivity contribution is 9.09. The fraction of sp³-hybridized carbons (Fsp3) is 0.500. The number of alkyl halides is 1. The van der Waals surface area contributed by atoms with Gasteiger partial charge in [-0.15, -0.1) is 0 Å². The summed E-state index contributed by atoms with van der Waals surface area (Å²) in [5.41, 5.74) is 0.983. The van der Waals surface area contributed by atoms with Crippen molar-refractivity contribution in [2.24, 2.45) is 0 Å². The lowest BCUT2D eigenvalue weighted by atomic mass is 10.2. The smallest absolute Gasteiger partial charge is 0.126 e. The molecule has 0 radical (unpaired) electrons. The zero-order valence-electron chi connectivity index (χ0n) is 8.93. The van der Waals surface area contributed by atoms with Gasteiger partial charge in [0.05, 0.1) is 6.61 Å². The molecule has 1 aromatic rings. The summed E-state index contributed by atoms with van der Waals surface area (Å²) < 4.78 is 18.4. The fourth-order valence-electron chi connectivity index (χ4n) is 1.28. The van der Waals surface area contributed by atoms with Crippen LogP contribution in [0.3, 0.4) is 0 Å². The molecule has 0 aliphatic carbocycles. The Hall–Kier alpha value is -0.570. The predicted molar refractivity (Wildman–Crippen MR) is 64.3 cm³/mol. The highest BCUT2D eigenvalue weighted by atomic mass is 79.9. The lowest BCUT2D eigenvalue weighted by Gasteiger charge is -2.08. The molecule has 0 fully saturated rings. The van der Waals surface area contributed by atoms with Gasteiger partial charge in [-0.2, -0.15) is 0 Å². The van der Waals surface area contributed by atoms with E-state index in [2.05, 4.69) is 15.9 Å². The van der Waals surface area contributed by atoms with Crippen molar-refractivity contribution < 1.29 is 9.13 Å². The van der Waals surface area contributed by atoms with Crippen molar-refractivity contribution in [3.63, 3.8) is 0 Å². The standard InChI is InChI=1S/C12H16BrFO/c1-10-5-6-11(14)9-12(10)15-8-4-2-3-7-13/h5-6,9H,2-4,7-8H2,1H3. The fourth-order valence-corrected chi connectivity index (χ4v) is 1.68. The molecule has 3 heteroatoms. The van der Waals surface area contributed by atoms with Crippen LogP contribution in [0, 0.1) is 12.7 Å². The van der Waals surface area contributed by atoms with Crippen molar-refractivity contribution in [2.75, 3.05) is 11.9 Å². The Morgan fingerprint density at radius 3 is 2.80 bits per heavy atom. The summed E-state index contributed by atoms with van der Waals surface area (Å²) in [6, 6.07) is 4.63. The molecule has 84 valence electrons. The molecule has 0 N–H and O–H groups in total. The van der Waals surface area contributed by atoms with Gasteiger partial charge >= 0.3 is 0 Å². The van der Waals surface area contributed by atoms with Crippen molar-refractivity contribution in [3.8, 4) is 5.75 Å². The Labute approximate surface area is 98.8 Å². The minimum Gasteiger partial charge on any atom is -0.493 e. The van der Waals surface area contributed by atoms with Gasteiger partial charge < -0.3 is 4.74 Å². The first-order valence-electron chi connectivity index (χ1n) is 5.19. The van der Waals surface area contributed by atoms with E-state index in [9.17, 15) is 4.39 Å². The van der Waals surface area contributed by atoms with E-state index in [0.29, 0.717) is 12.4 Å². The third-order valence-electron chi connectivity index (χ3n) is 2.19. The van der Waals surface area contributed by atoms with Crippen LogP contribution in [0.5, 0.6) is 5.75 Å². The number of rotatable bonds is 6. The molecule has 0 heterocycles. The quantitative estimate of drug-likeness (QED) is 0.561. The number of aryl methyl sites for hydroxylation is 1. The number of halogens is 2. The first-order valence-corrected chi connectivity index (χ1v) is 6.31. The van der Waals surface area contributed by atoms with Gasteiger partial charge in [-0.25, -0.2) is 4.39 Å². The van der Waals surface area contributed by atoms with E-state index >= 15 is 0 Å². The molecule has 0 aliphatic heterocycles. The van der Waals surface area contributed by atoms with Crippen LogP contribution < -0.4 is 4.74 Å². The number of unbranched alkanes of at least 4 members (excludes halogenated alkanes) is 2. The molecule has 0 atom stereocenters. The molecule has 0 aromatic heterocycles. The molecular weight excluding hydrogens is 259 g/mol. The van der Waals surface area contributed by atoms with Crippen LogP contribution in [-0.4, -0.2) is 11.9 Å². The number of benzene rings is 1. The molecule has 0 spiro atoms. The Morgan fingerprint density at radius 2 is 2.07 bits per heavy atom. The van der Waals surface area contributed by atoms with E-state index in [1.54, 1.807) is 6.07 Å². The molecule has 0 bridgehead atoms. The highest BCUT2D eigenvalue weighted by Crippen LogP contribution is 2.19. The zero-order chi connectivity index (χ0) is 11.1. The second-order valence-corrected chi connectivity index (χ2v) is 4.30. The van der Waals surface area contributed by atoms with Gasteiger partial charge in [-0.05, 0) is 37.8 Å². The molecule has 1 aromatic carbocycles. The van der Waals surface area contributed by atoms with Crippen LogP contribution in [-0.2, 0) is 0 Å². The van der Waals surface area contributed by atoms with Crippen LogP contribution in [0.2, 0.25) is 0 Å². The maximum atomic E-state index is 12.9. The van der Waals surface area contributed by atoms with E-state index in [4.69, 9.17) is 4.74 Å². The number of ether oxygens (including phenoxy) is 1. The first-order chi connectivity index (χ1) is 7.24. The summed E-state index contributed by atoms with van der Waals surface area (Å²) in [5.74, 6) is 0.421. The molecule has 1 rings (SSSR count). The van der Waals surface area contributed by atoms with Crippen molar-refractivity contribution >= 4 is 15.9 Å². The predicted octanol–water partition coefficient (Wildman–Crippen LogP) is 4.08. The SMILES string of the molecule is Cc1ccc(F)cc1OCCCCCBr. The minimum absolute atomic E-state index is 0.240. The summed E-state index contributed by atoms with van der Waals surface area (Å²) in [5, 5.41) is 1.03. The zero-order valence-corrected chi connectivity index (χ0v) is 10.5. The van der Waals surface area contributed by atoms with E-state index < -0.39 is 0 Å². The normalized spacial score (nSPS) is 10.3. The van der Waals surface area contributed by atoms with Gasteiger partial charge in [0.1, 0.15) is 11.6 Å². The van der Waals surface area contributed by atoms with Gasteiger partial charge in [0.2, 0.25) is 0 Å². The molecular formula is C12H16BrFO. The van der Waals surface area contributed by atoms with E-state index in [1.807, 2.05) is 6.92 Å². The topological polar surface area (TPSA) is 9.23 Å². The van der Waals surface area contributed by atoms with E-state index in [0.717, 1.165) is 30.2 Å². The maximum Gasteiger partial charge on any atom is 0.126 e. The Morgan fingerprint density at radius 1 is 1.27 bits per heavy atom. The van der Waals surface area contributed by atoms with Crippen LogP contribution in [0.25, 0.3) is 0 Å². The van der Waals surface area contributed by atoms with E-state index in [1.165, 1.54) is 12.1 Å². The average molecular weight is 275 g/mol.